The first-order chi connectivity index (χ1) is 14.2. The number of rotatable bonds is 10. The normalized spacial score (nSPS) is 12.0. The molecule has 7 nitrogen and oxygen atoms in total. The van der Waals surface area contributed by atoms with Crippen molar-refractivity contribution in [1.29, 1.82) is 0 Å². The Bertz CT molecular complexity index is 987. The standard InChI is InChI=1S/C22H28N2O5S/c1-6-14-24(30(5,26)27)18-11-8-16(9-12-18)22(25)23-19(7-2)17-10-13-20(28-3)21(15-17)29-4/h6,8-13,15,19H,1,7,14H2,2-5H3,(H,23,25)/t19-/m0/s1. The van der Waals surface area contributed by atoms with Crippen LogP contribution in [0.2, 0.25) is 0 Å². The Kier molecular flexibility index (Phi) is 7.88. The van der Waals surface area contributed by atoms with E-state index in [2.05, 4.69) is 11.9 Å². The van der Waals surface area contributed by atoms with Crippen LogP contribution in [-0.4, -0.2) is 41.3 Å². The molecule has 0 unspecified atom stereocenters. The maximum atomic E-state index is 12.8. The first-order valence-corrected chi connectivity index (χ1v) is 11.3. The van der Waals surface area contributed by atoms with Crippen LogP contribution in [0.25, 0.3) is 0 Å². The molecule has 2 aromatic rings. The second-order valence-corrected chi connectivity index (χ2v) is 8.59. The van der Waals surface area contributed by atoms with E-state index in [0.29, 0.717) is 29.2 Å². The van der Waals surface area contributed by atoms with Gasteiger partial charge in [0.05, 0.1) is 38.7 Å². The lowest BCUT2D eigenvalue weighted by Crippen LogP contribution is -2.30. The van der Waals surface area contributed by atoms with Gasteiger partial charge in [0.25, 0.3) is 5.91 Å². The van der Waals surface area contributed by atoms with Crippen LogP contribution >= 0.6 is 0 Å². The lowest BCUT2D eigenvalue weighted by molar-refractivity contribution is 0.0935. The van der Waals surface area contributed by atoms with E-state index in [1.165, 1.54) is 10.4 Å². The predicted molar refractivity (Wildman–Crippen MR) is 119 cm³/mol. The molecule has 0 aliphatic rings. The molecule has 0 aromatic heterocycles. The number of hydrogen-bond donors (Lipinski definition) is 1. The van der Waals surface area contributed by atoms with Crippen molar-refractivity contribution in [2.45, 2.75) is 19.4 Å². The van der Waals surface area contributed by atoms with Crippen molar-refractivity contribution in [3.8, 4) is 11.5 Å². The second-order valence-electron chi connectivity index (χ2n) is 6.68. The Labute approximate surface area is 178 Å². The first kappa shape index (κ1) is 23.3. The van der Waals surface area contributed by atoms with Crippen LogP contribution in [0.15, 0.2) is 55.1 Å². The molecule has 0 saturated heterocycles. The molecule has 0 heterocycles. The fourth-order valence-electron chi connectivity index (χ4n) is 3.06. The number of nitrogens with zero attached hydrogens (tertiary/aromatic N) is 1. The van der Waals surface area contributed by atoms with Crippen molar-refractivity contribution in [3.05, 3.63) is 66.2 Å². The highest BCUT2D eigenvalue weighted by Gasteiger charge is 2.19. The third-order valence-corrected chi connectivity index (χ3v) is 5.80. The number of nitrogens with one attached hydrogen (secondary N) is 1. The topological polar surface area (TPSA) is 84.9 Å². The summed E-state index contributed by atoms with van der Waals surface area (Å²) in [6.07, 6.45) is 3.32. The van der Waals surface area contributed by atoms with Gasteiger partial charge in [0.1, 0.15) is 0 Å². The zero-order valence-electron chi connectivity index (χ0n) is 17.7. The number of hydrogen-bond acceptors (Lipinski definition) is 5. The molecule has 0 bridgehead atoms. The predicted octanol–water partition coefficient (Wildman–Crippen LogP) is 3.54. The number of methoxy groups -OCH3 is 2. The Morgan fingerprint density at radius 1 is 1.13 bits per heavy atom. The summed E-state index contributed by atoms with van der Waals surface area (Å²) >= 11 is 0. The van der Waals surface area contributed by atoms with Gasteiger partial charge in [-0.2, -0.15) is 0 Å². The highest BCUT2D eigenvalue weighted by molar-refractivity contribution is 7.92. The largest absolute Gasteiger partial charge is 0.493 e. The fourth-order valence-corrected chi connectivity index (χ4v) is 3.94. The van der Waals surface area contributed by atoms with Crippen LogP contribution in [0, 0.1) is 0 Å². The Balaban J connectivity index is 2.21. The van der Waals surface area contributed by atoms with Crippen LogP contribution in [-0.2, 0) is 10.0 Å². The maximum absolute atomic E-state index is 12.8. The van der Waals surface area contributed by atoms with Crippen molar-refractivity contribution in [1.82, 2.24) is 5.32 Å². The van der Waals surface area contributed by atoms with E-state index in [1.54, 1.807) is 44.6 Å². The molecule has 0 fully saturated rings. The molecule has 1 atom stereocenters. The summed E-state index contributed by atoms with van der Waals surface area (Å²) in [5, 5.41) is 3.01. The maximum Gasteiger partial charge on any atom is 0.251 e. The van der Waals surface area contributed by atoms with Crippen LogP contribution in [0.3, 0.4) is 0 Å². The molecule has 8 heteroatoms. The number of ether oxygens (including phenoxy) is 2. The minimum atomic E-state index is -3.45. The molecular formula is C22H28N2O5S. The molecule has 1 amide bonds. The lowest BCUT2D eigenvalue weighted by atomic mass is 10.0. The third-order valence-electron chi connectivity index (χ3n) is 4.64. The minimum Gasteiger partial charge on any atom is -0.493 e. The summed E-state index contributed by atoms with van der Waals surface area (Å²) in [5.74, 6) is 0.959. The summed E-state index contributed by atoms with van der Waals surface area (Å²) in [6, 6.07) is 11.7. The van der Waals surface area contributed by atoms with Gasteiger partial charge in [-0.3, -0.25) is 9.10 Å². The Morgan fingerprint density at radius 3 is 2.27 bits per heavy atom. The number of anilines is 1. The van der Waals surface area contributed by atoms with Gasteiger partial charge in [-0.15, -0.1) is 6.58 Å². The molecule has 0 spiro atoms. The van der Waals surface area contributed by atoms with Crippen LogP contribution in [0.4, 0.5) is 5.69 Å². The van der Waals surface area contributed by atoms with Crippen LogP contribution in [0.5, 0.6) is 11.5 Å². The van der Waals surface area contributed by atoms with E-state index >= 15 is 0 Å². The van der Waals surface area contributed by atoms with Crippen molar-refractivity contribution in [2.75, 3.05) is 31.3 Å². The monoisotopic (exact) mass is 432 g/mol. The van der Waals surface area contributed by atoms with Gasteiger partial charge in [0, 0.05) is 5.56 Å². The fraction of sp³-hybridized carbons (Fsp3) is 0.318. The summed E-state index contributed by atoms with van der Waals surface area (Å²) in [4.78, 5) is 12.8. The SMILES string of the molecule is C=CCN(c1ccc(C(=O)N[C@@H](CC)c2ccc(OC)c(OC)c2)cc1)S(C)(=O)=O. The van der Waals surface area contributed by atoms with Crippen molar-refractivity contribution >= 4 is 21.6 Å². The molecule has 2 rings (SSSR count). The van der Waals surface area contributed by atoms with Gasteiger partial charge < -0.3 is 14.8 Å². The molecular weight excluding hydrogens is 404 g/mol. The smallest absolute Gasteiger partial charge is 0.251 e. The number of sulfonamides is 1. The zero-order valence-corrected chi connectivity index (χ0v) is 18.5. The Morgan fingerprint density at radius 2 is 1.77 bits per heavy atom. The summed E-state index contributed by atoms with van der Waals surface area (Å²) in [6.45, 7) is 5.72. The summed E-state index contributed by atoms with van der Waals surface area (Å²) in [5.41, 5.74) is 1.81. The summed E-state index contributed by atoms with van der Waals surface area (Å²) in [7, 11) is -0.311. The van der Waals surface area contributed by atoms with Gasteiger partial charge in [0.15, 0.2) is 11.5 Å². The summed E-state index contributed by atoms with van der Waals surface area (Å²) < 4.78 is 35.7. The average Bonchev–Trinajstić information content (AvgIpc) is 2.74. The molecule has 0 aliphatic carbocycles. The van der Waals surface area contributed by atoms with Crippen molar-refractivity contribution in [2.24, 2.45) is 0 Å². The molecule has 2 aromatic carbocycles. The second kappa shape index (κ2) is 10.2. The van der Waals surface area contributed by atoms with Gasteiger partial charge in [0.2, 0.25) is 10.0 Å². The highest BCUT2D eigenvalue weighted by atomic mass is 32.2. The number of benzene rings is 2. The lowest BCUT2D eigenvalue weighted by Gasteiger charge is -2.21. The Hall–Kier alpha value is -3.00. The molecule has 1 N–H and O–H groups in total. The average molecular weight is 433 g/mol. The first-order valence-electron chi connectivity index (χ1n) is 9.46. The van der Waals surface area contributed by atoms with E-state index in [-0.39, 0.29) is 18.5 Å². The van der Waals surface area contributed by atoms with Crippen LogP contribution < -0.4 is 19.1 Å². The minimum absolute atomic E-state index is 0.154. The van der Waals surface area contributed by atoms with Gasteiger partial charge in [-0.25, -0.2) is 8.42 Å². The quantitative estimate of drug-likeness (QED) is 0.581. The number of carbonyl (C=O) groups excluding carboxylic acids is 1. The molecule has 162 valence electrons. The van der Waals surface area contributed by atoms with Crippen molar-refractivity contribution < 1.29 is 22.7 Å². The molecule has 0 radical (unpaired) electrons. The van der Waals surface area contributed by atoms with Gasteiger partial charge in [-0.1, -0.05) is 19.1 Å². The van der Waals surface area contributed by atoms with E-state index in [9.17, 15) is 13.2 Å². The van der Waals surface area contributed by atoms with E-state index < -0.39 is 10.0 Å². The third kappa shape index (κ3) is 5.54. The zero-order chi connectivity index (χ0) is 22.3. The highest BCUT2D eigenvalue weighted by Crippen LogP contribution is 2.31. The van der Waals surface area contributed by atoms with Crippen molar-refractivity contribution in [3.63, 3.8) is 0 Å². The van der Waals surface area contributed by atoms with Gasteiger partial charge in [-0.05, 0) is 48.4 Å². The van der Waals surface area contributed by atoms with Crippen LogP contribution in [0.1, 0.15) is 35.3 Å². The molecule has 0 aliphatic heterocycles. The van der Waals surface area contributed by atoms with E-state index in [4.69, 9.17) is 9.47 Å². The number of amides is 1. The van der Waals surface area contributed by atoms with Gasteiger partial charge >= 0.3 is 0 Å². The van der Waals surface area contributed by atoms with E-state index in [0.717, 1.165) is 11.8 Å². The molecule has 30 heavy (non-hydrogen) atoms. The molecule has 0 saturated carbocycles. The van der Waals surface area contributed by atoms with E-state index in [1.807, 2.05) is 19.1 Å². The number of carbonyl (C=O) groups is 1.